The monoisotopic (exact) mass is 299 g/mol. The van der Waals surface area contributed by atoms with Gasteiger partial charge in [0, 0.05) is 12.0 Å². The van der Waals surface area contributed by atoms with Crippen LogP contribution in [0.3, 0.4) is 0 Å². The Kier molecular flexibility index (Phi) is 5.05. The lowest BCUT2D eigenvalue weighted by Gasteiger charge is -2.29. The van der Waals surface area contributed by atoms with Crippen LogP contribution < -0.4 is 5.32 Å². The Hall–Kier alpha value is -0.640. The highest BCUT2D eigenvalue weighted by molar-refractivity contribution is 6.30. The number of likely N-dealkylation sites (N-methyl/N-ethyl adjacent to an activating group) is 1. The van der Waals surface area contributed by atoms with Gasteiger partial charge in [-0.15, -0.1) is 0 Å². The van der Waals surface area contributed by atoms with E-state index in [9.17, 15) is 4.39 Å². The van der Waals surface area contributed by atoms with Gasteiger partial charge >= 0.3 is 0 Å². The number of hydrogen-bond acceptors (Lipinski definition) is 2. The summed E-state index contributed by atoms with van der Waals surface area (Å²) in [6.07, 6.45) is 1.05. The van der Waals surface area contributed by atoms with Gasteiger partial charge in [-0.2, -0.15) is 0 Å². The van der Waals surface area contributed by atoms with E-state index in [1.807, 2.05) is 7.05 Å². The molecule has 1 aliphatic heterocycles. The maximum atomic E-state index is 14.1. The van der Waals surface area contributed by atoms with Crippen molar-refractivity contribution in [2.75, 3.05) is 7.05 Å². The highest BCUT2D eigenvalue weighted by Crippen LogP contribution is 2.35. The van der Waals surface area contributed by atoms with Gasteiger partial charge in [0.2, 0.25) is 0 Å². The fourth-order valence-corrected chi connectivity index (χ4v) is 3.55. The third-order valence-electron chi connectivity index (χ3n) is 4.63. The fraction of sp³-hybridized carbons (Fsp3) is 0.625. The average molecular weight is 300 g/mol. The first kappa shape index (κ1) is 15.7. The molecule has 5 unspecified atom stereocenters. The summed E-state index contributed by atoms with van der Waals surface area (Å²) in [6.45, 7) is 6.41. The summed E-state index contributed by atoms with van der Waals surface area (Å²) in [5.41, 5.74) is 0.663. The van der Waals surface area contributed by atoms with E-state index in [0.717, 1.165) is 0 Å². The van der Waals surface area contributed by atoms with Gasteiger partial charge in [-0.05, 0) is 44.9 Å². The lowest BCUT2D eigenvalue weighted by atomic mass is 9.81. The Bertz CT molecular complexity index is 468. The second kappa shape index (κ2) is 6.42. The molecule has 2 nitrogen and oxygen atoms in total. The van der Waals surface area contributed by atoms with Crippen molar-refractivity contribution in [3.8, 4) is 0 Å². The third kappa shape index (κ3) is 3.00. The van der Waals surface area contributed by atoms with Crippen LogP contribution in [-0.2, 0) is 11.2 Å². The van der Waals surface area contributed by atoms with Crippen molar-refractivity contribution in [2.45, 2.75) is 45.4 Å². The summed E-state index contributed by atoms with van der Waals surface area (Å²) >= 11 is 5.86. The predicted octanol–water partition coefficient (Wildman–Crippen LogP) is 3.67. The molecule has 1 fully saturated rings. The summed E-state index contributed by atoms with van der Waals surface area (Å²) in [4.78, 5) is 0. The molecule has 0 aromatic heterocycles. The third-order valence-corrected chi connectivity index (χ3v) is 4.92. The van der Waals surface area contributed by atoms with Gasteiger partial charge in [0.25, 0.3) is 0 Å². The number of halogens is 2. The molecular weight excluding hydrogens is 277 g/mol. The van der Waals surface area contributed by atoms with Gasteiger partial charge in [0.05, 0.1) is 17.2 Å². The van der Waals surface area contributed by atoms with Crippen LogP contribution in [0.15, 0.2) is 18.2 Å². The van der Waals surface area contributed by atoms with E-state index in [4.69, 9.17) is 16.3 Å². The van der Waals surface area contributed by atoms with E-state index in [2.05, 4.69) is 26.1 Å². The molecule has 0 spiro atoms. The van der Waals surface area contributed by atoms with E-state index in [1.54, 1.807) is 18.2 Å². The predicted molar refractivity (Wildman–Crippen MR) is 80.6 cm³/mol. The molecule has 4 heteroatoms. The van der Waals surface area contributed by atoms with Gasteiger partial charge in [-0.25, -0.2) is 4.39 Å². The first-order valence-corrected chi connectivity index (χ1v) is 7.59. The highest BCUT2D eigenvalue weighted by atomic mass is 35.5. The average Bonchev–Trinajstić information content (AvgIpc) is 2.66. The van der Waals surface area contributed by atoms with E-state index in [0.29, 0.717) is 23.8 Å². The van der Waals surface area contributed by atoms with Crippen molar-refractivity contribution in [3.05, 3.63) is 34.6 Å². The summed E-state index contributed by atoms with van der Waals surface area (Å²) in [7, 11) is 1.93. The van der Waals surface area contributed by atoms with Crippen molar-refractivity contribution < 1.29 is 9.13 Å². The molecule has 0 amide bonds. The SMILES string of the molecule is CNC(Cc1cccc(Cl)c1F)C1C(C)OC(C)C1C. The Labute approximate surface area is 125 Å². The van der Waals surface area contributed by atoms with Crippen molar-refractivity contribution >= 4 is 11.6 Å². The molecule has 1 aromatic rings. The smallest absolute Gasteiger partial charge is 0.145 e. The van der Waals surface area contributed by atoms with Crippen LogP contribution in [0.25, 0.3) is 0 Å². The molecule has 5 atom stereocenters. The molecule has 1 saturated heterocycles. The van der Waals surface area contributed by atoms with Gasteiger partial charge < -0.3 is 10.1 Å². The van der Waals surface area contributed by atoms with Crippen LogP contribution in [0.1, 0.15) is 26.3 Å². The quantitative estimate of drug-likeness (QED) is 0.916. The molecular formula is C16H23ClFNO. The van der Waals surface area contributed by atoms with Crippen LogP contribution in [0.5, 0.6) is 0 Å². The number of hydrogen-bond donors (Lipinski definition) is 1. The maximum absolute atomic E-state index is 14.1. The zero-order valence-electron chi connectivity index (χ0n) is 12.5. The number of nitrogens with one attached hydrogen (secondary N) is 1. The Balaban J connectivity index is 2.19. The van der Waals surface area contributed by atoms with Gasteiger partial charge in [0.1, 0.15) is 5.82 Å². The molecule has 0 radical (unpaired) electrons. The first-order valence-electron chi connectivity index (χ1n) is 7.21. The van der Waals surface area contributed by atoms with Crippen molar-refractivity contribution in [3.63, 3.8) is 0 Å². The number of benzene rings is 1. The molecule has 2 rings (SSSR count). The summed E-state index contributed by atoms with van der Waals surface area (Å²) < 4.78 is 20.0. The van der Waals surface area contributed by atoms with Crippen molar-refractivity contribution in [1.82, 2.24) is 5.32 Å². The molecule has 0 aliphatic carbocycles. The highest BCUT2D eigenvalue weighted by Gasteiger charge is 2.41. The molecule has 0 saturated carbocycles. The lowest BCUT2D eigenvalue weighted by Crippen LogP contribution is -2.41. The van der Waals surface area contributed by atoms with Gasteiger partial charge in [-0.3, -0.25) is 0 Å². The van der Waals surface area contributed by atoms with Crippen molar-refractivity contribution in [1.29, 1.82) is 0 Å². The minimum absolute atomic E-state index is 0.179. The van der Waals surface area contributed by atoms with Gasteiger partial charge in [-0.1, -0.05) is 30.7 Å². The molecule has 20 heavy (non-hydrogen) atoms. The topological polar surface area (TPSA) is 21.3 Å². The minimum Gasteiger partial charge on any atom is -0.375 e. The second-order valence-electron chi connectivity index (χ2n) is 5.80. The maximum Gasteiger partial charge on any atom is 0.145 e. The second-order valence-corrected chi connectivity index (χ2v) is 6.20. The zero-order valence-corrected chi connectivity index (χ0v) is 13.2. The first-order chi connectivity index (χ1) is 9.45. The minimum atomic E-state index is -0.304. The van der Waals surface area contributed by atoms with Crippen molar-refractivity contribution in [2.24, 2.45) is 11.8 Å². The summed E-state index contributed by atoms with van der Waals surface area (Å²) in [5.74, 6) is 0.514. The number of ether oxygens (including phenoxy) is 1. The molecule has 1 N–H and O–H groups in total. The molecule has 1 aliphatic rings. The van der Waals surface area contributed by atoms with E-state index >= 15 is 0 Å². The van der Waals surface area contributed by atoms with E-state index in [-0.39, 0.29) is 29.1 Å². The van der Waals surface area contributed by atoms with Crippen LogP contribution in [0.4, 0.5) is 4.39 Å². The summed E-state index contributed by atoms with van der Waals surface area (Å²) in [6, 6.07) is 5.37. The lowest BCUT2D eigenvalue weighted by molar-refractivity contribution is 0.0478. The largest absolute Gasteiger partial charge is 0.375 e. The van der Waals surface area contributed by atoms with Gasteiger partial charge in [0.15, 0.2) is 0 Å². The summed E-state index contributed by atoms with van der Waals surface area (Å²) in [5, 5.41) is 3.52. The molecule has 1 aromatic carbocycles. The number of rotatable bonds is 4. The Morgan fingerprint density at radius 1 is 1.30 bits per heavy atom. The zero-order chi connectivity index (χ0) is 14.9. The Morgan fingerprint density at radius 2 is 2.00 bits per heavy atom. The Morgan fingerprint density at radius 3 is 2.55 bits per heavy atom. The van der Waals surface area contributed by atoms with Crippen LogP contribution >= 0.6 is 11.6 Å². The molecule has 0 bridgehead atoms. The fourth-order valence-electron chi connectivity index (χ4n) is 3.36. The van der Waals surface area contributed by atoms with Crippen LogP contribution in [0.2, 0.25) is 5.02 Å². The standard InChI is InChI=1S/C16H23ClFNO/c1-9-10(2)20-11(3)15(9)14(19-4)8-12-6-5-7-13(17)16(12)18/h5-7,9-11,14-15,19H,8H2,1-4H3. The van der Waals surface area contributed by atoms with E-state index in [1.165, 1.54) is 0 Å². The van der Waals surface area contributed by atoms with Crippen LogP contribution in [-0.4, -0.2) is 25.3 Å². The van der Waals surface area contributed by atoms with E-state index < -0.39 is 0 Å². The van der Waals surface area contributed by atoms with Crippen LogP contribution in [0, 0.1) is 17.7 Å². The molecule has 1 heterocycles. The molecule has 112 valence electrons. The normalized spacial score (nSPS) is 31.5.